The molecule has 2 rings (SSSR count). The van der Waals surface area contributed by atoms with Crippen molar-refractivity contribution in [1.82, 2.24) is 9.78 Å². The number of amides is 1. The van der Waals surface area contributed by atoms with Crippen LogP contribution in [0.25, 0.3) is 5.69 Å². The van der Waals surface area contributed by atoms with Gasteiger partial charge < -0.3 is 10.4 Å². The van der Waals surface area contributed by atoms with E-state index in [2.05, 4.69) is 10.4 Å². The molecule has 1 aromatic carbocycles. The maximum atomic E-state index is 12.6. The number of rotatable bonds is 3. The van der Waals surface area contributed by atoms with Gasteiger partial charge in [0.05, 0.1) is 28.3 Å². The van der Waals surface area contributed by atoms with Gasteiger partial charge in [0.15, 0.2) is 0 Å². The molecule has 5 nitrogen and oxygen atoms in total. The topological polar surface area (TPSA) is 67.2 Å². The molecule has 22 heavy (non-hydrogen) atoms. The van der Waals surface area contributed by atoms with Gasteiger partial charge in [0.2, 0.25) is 5.91 Å². The van der Waals surface area contributed by atoms with Crippen LogP contribution in [0.2, 0.25) is 0 Å². The van der Waals surface area contributed by atoms with E-state index in [9.17, 15) is 18.0 Å². The first kappa shape index (κ1) is 16.0. The molecule has 0 fully saturated rings. The molecule has 118 valence electrons. The third-order valence-electron chi connectivity index (χ3n) is 3.14. The molecule has 0 aliphatic heterocycles. The van der Waals surface area contributed by atoms with Gasteiger partial charge in [-0.05, 0) is 38.1 Å². The first-order chi connectivity index (χ1) is 10.2. The molecule has 0 unspecified atom stereocenters. The number of hydrogen-bond donors (Lipinski definition) is 2. The number of aromatic nitrogens is 2. The van der Waals surface area contributed by atoms with E-state index in [4.69, 9.17) is 5.11 Å². The Kier molecular flexibility index (Phi) is 4.23. The van der Waals surface area contributed by atoms with E-state index in [0.717, 1.165) is 12.1 Å². The number of benzene rings is 1. The number of aliphatic hydroxyl groups excluding tert-OH is 1. The van der Waals surface area contributed by atoms with Crippen molar-refractivity contribution in [3.05, 3.63) is 41.2 Å². The van der Waals surface area contributed by atoms with Crippen LogP contribution in [-0.2, 0) is 11.0 Å². The van der Waals surface area contributed by atoms with Crippen molar-refractivity contribution in [1.29, 1.82) is 0 Å². The maximum absolute atomic E-state index is 12.6. The zero-order chi connectivity index (χ0) is 16.5. The van der Waals surface area contributed by atoms with Crippen LogP contribution in [0.15, 0.2) is 24.3 Å². The molecule has 1 aromatic heterocycles. The highest BCUT2D eigenvalue weighted by atomic mass is 19.4. The number of carbonyl (C=O) groups excluding carboxylic acids is 1. The smallest absolute Gasteiger partial charge is 0.387 e. The van der Waals surface area contributed by atoms with Gasteiger partial charge in [-0.15, -0.1) is 0 Å². The summed E-state index contributed by atoms with van der Waals surface area (Å²) in [5, 5.41) is 15.5. The molecule has 0 aliphatic rings. The van der Waals surface area contributed by atoms with Gasteiger partial charge in [-0.25, -0.2) is 4.68 Å². The van der Waals surface area contributed by atoms with E-state index in [1.54, 1.807) is 13.8 Å². The third kappa shape index (κ3) is 3.11. The van der Waals surface area contributed by atoms with Crippen molar-refractivity contribution in [3.8, 4) is 5.69 Å². The SMILES string of the molecule is Cc1nn(-c2ccc(C(F)(F)F)cc2)c(C)c1NC(=O)CO. The second kappa shape index (κ2) is 5.80. The predicted molar refractivity (Wildman–Crippen MR) is 73.8 cm³/mol. The molecule has 0 spiro atoms. The number of hydrogen-bond acceptors (Lipinski definition) is 3. The molecular formula is C14H14F3N3O2. The fourth-order valence-electron chi connectivity index (χ4n) is 2.05. The summed E-state index contributed by atoms with van der Waals surface area (Å²) in [6.07, 6.45) is -4.39. The number of halogens is 3. The summed E-state index contributed by atoms with van der Waals surface area (Å²) >= 11 is 0. The fourth-order valence-corrected chi connectivity index (χ4v) is 2.05. The largest absolute Gasteiger partial charge is 0.416 e. The molecule has 0 radical (unpaired) electrons. The molecule has 8 heteroatoms. The van der Waals surface area contributed by atoms with Crippen LogP contribution in [0.1, 0.15) is 17.0 Å². The van der Waals surface area contributed by atoms with Crippen molar-refractivity contribution in [3.63, 3.8) is 0 Å². The van der Waals surface area contributed by atoms with Gasteiger partial charge in [0.1, 0.15) is 6.61 Å². The predicted octanol–water partition coefficient (Wildman–Crippen LogP) is 2.44. The first-order valence-electron chi connectivity index (χ1n) is 6.38. The fraction of sp³-hybridized carbons (Fsp3) is 0.286. The quantitative estimate of drug-likeness (QED) is 0.914. The maximum Gasteiger partial charge on any atom is 0.416 e. The van der Waals surface area contributed by atoms with Crippen molar-refractivity contribution < 1.29 is 23.1 Å². The van der Waals surface area contributed by atoms with Gasteiger partial charge in [0, 0.05) is 0 Å². The number of alkyl halides is 3. The molecule has 0 saturated heterocycles. The molecule has 0 atom stereocenters. The second-order valence-corrected chi connectivity index (χ2v) is 4.71. The average Bonchev–Trinajstić information content (AvgIpc) is 2.74. The summed E-state index contributed by atoms with van der Waals surface area (Å²) in [7, 11) is 0. The minimum absolute atomic E-state index is 0.430. The number of aliphatic hydroxyl groups is 1. The lowest BCUT2D eigenvalue weighted by Gasteiger charge is -2.09. The Hall–Kier alpha value is -2.35. The zero-order valence-corrected chi connectivity index (χ0v) is 11.9. The second-order valence-electron chi connectivity index (χ2n) is 4.71. The number of carbonyl (C=O) groups is 1. The van der Waals surface area contributed by atoms with Gasteiger partial charge in [-0.1, -0.05) is 0 Å². The third-order valence-corrected chi connectivity index (χ3v) is 3.14. The van der Waals surface area contributed by atoms with Crippen LogP contribution in [0, 0.1) is 13.8 Å². The summed E-state index contributed by atoms with van der Waals surface area (Å²) < 4.78 is 39.1. The van der Waals surface area contributed by atoms with Crippen molar-refractivity contribution >= 4 is 11.6 Å². The molecule has 0 aliphatic carbocycles. The van der Waals surface area contributed by atoms with Crippen LogP contribution in [0.4, 0.5) is 18.9 Å². The summed E-state index contributed by atoms with van der Waals surface area (Å²) in [6.45, 7) is 2.66. The Bertz CT molecular complexity index is 691. The highest BCUT2D eigenvalue weighted by Gasteiger charge is 2.30. The van der Waals surface area contributed by atoms with E-state index in [1.165, 1.54) is 16.8 Å². The van der Waals surface area contributed by atoms with Crippen LogP contribution >= 0.6 is 0 Å². The molecular weight excluding hydrogens is 299 g/mol. The summed E-state index contributed by atoms with van der Waals surface area (Å²) in [5.74, 6) is -0.585. The number of nitrogens with zero attached hydrogens (tertiary/aromatic N) is 2. The van der Waals surface area contributed by atoms with Crippen LogP contribution < -0.4 is 5.32 Å². The normalized spacial score (nSPS) is 11.5. The molecule has 0 bridgehead atoms. The van der Waals surface area contributed by atoms with Gasteiger partial charge >= 0.3 is 6.18 Å². The minimum Gasteiger partial charge on any atom is -0.387 e. The lowest BCUT2D eigenvalue weighted by atomic mass is 10.2. The average molecular weight is 313 g/mol. The highest BCUT2D eigenvalue weighted by Crippen LogP contribution is 2.30. The van der Waals surface area contributed by atoms with E-state index >= 15 is 0 Å². The van der Waals surface area contributed by atoms with Crippen molar-refractivity contribution in [2.75, 3.05) is 11.9 Å². The first-order valence-corrected chi connectivity index (χ1v) is 6.38. The highest BCUT2D eigenvalue weighted by molar-refractivity contribution is 5.92. The summed E-state index contributed by atoms with van der Waals surface area (Å²) in [6, 6.07) is 4.55. The van der Waals surface area contributed by atoms with Crippen LogP contribution in [-0.4, -0.2) is 27.4 Å². The van der Waals surface area contributed by atoms with Gasteiger partial charge in [0.25, 0.3) is 0 Å². The molecule has 0 saturated carbocycles. The van der Waals surface area contributed by atoms with Gasteiger partial charge in [-0.3, -0.25) is 4.79 Å². The zero-order valence-electron chi connectivity index (χ0n) is 11.9. The Morgan fingerprint density at radius 2 is 1.86 bits per heavy atom. The lowest BCUT2D eigenvalue weighted by Crippen LogP contribution is -2.16. The van der Waals surface area contributed by atoms with Crippen LogP contribution in [0.3, 0.4) is 0 Å². The van der Waals surface area contributed by atoms with E-state index in [1.807, 2.05) is 0 Å². The van der Waals surface area contributed by atoms with E-state index in [-0.39, 0.29) is 0 Å². The standard InChI is InChI=1S/C14H14F3N3O2/c1-8-13(18-12(22)7-21)9(2)20(19-8)11-5-3-10(4-6-11)14(15,16)17/h3-6,21H,7H2,1-2H3,(H,18,22). The number of nitrogens with one attached hydrogen (secondary N) is 1. The molecule has 1 heterocycles. The van der Waals surface area contributed by atoms with E-state index in [0.29, 0.717) is 22.8 Å². The van der Waals surface area contributed by atoms with Crippen molar-refractivity contribution in [2.45, 2.75) is 20.0 Å². The number of aryl methyl sites for hydroxylation is 1. The molecule has 1 amide bonds. The summed E-state index contributed by atoms with van der Waals surface area (Å²) in [5.41, 5.74) is 1.18. The Balaban J connectivity index is 2.37. The van der Waals surface area contributed by atoms with Crippen LogP contribution in [0.5, 0.6) is 0 Å². The van der Waals surface area contributed by atoms with Crippen molar-refractivity contribution in [2.24, 2.45) is 0 Å². The molecule has 2 aromatic rings. The lowest BCUT2D eigenvalue weighted by molar-refractivity contribution is -0.137. The Labute approximate surface area is 124 Å². The Morgan fingerprint density at radius 3 is 2.36 bits per heavy atom. The minimum atomic E-state index is -4.39. The monoisotopic (exact) mass is 313 g/mol. The number of anilines is 1. The van der Waals surface area contributed by atoms with E-state index < -0.39 is 24.3 Å². The van der Waals surface area contributed by atoms with Gasteiger partial charge in [-0.2, -0.15) is 18.3 Å². The summed E-state index contributed by atoms with van der Waals surface area (Å²) in [4.78, 5) is 11.3. The molecule has 2 N–H and O–H groups in total. The Morgan fingerprint density at radius 1 is 1.27 bits per heavy atom.